The summed E-state index contributed by atoms with van der Waals surface area (Å²) in [6.45, 7) is 5.60. The Bertz CT molecular complexity index is 143. The van der Waals surface area contributed by atoms with Crippen molar-refractivity contribution < 1.29 is 0 Å². The van der Waals surface area contributed by atoms with E-state index in [1.165, 1.54) is 19.4 Å². The Morgan fingerprint density at radius 1 is 1.60 bits per heavy atom. The van der Waals surface area contributed by atoms with Gasteiger partial charge in [-0.1, -0.05) is 5.92 Å². The number of terminal acetylenes is 1. The van der Waals surface area contributed by atoms with Crippen molar-refractivity contribution in [3.63, 3.8) is 0 Å². The van der Waals surface area contributed by atoms with Crippen molar-refractivity contribution in [2.24, 2.45) is 0 Å². The van der Waals surface area contributed by atoms with E-state index < -0.39 is 0 Å². The highest BCUT2D eigenvalue weighted by atomic mass is 15.2. The van der Waals surface area contributed by atoms with Crippen molar-refractivity contribution in [3.8, 4) is 12.3 Å². The van der Waals surface area contributed by atoms with E-state index in [0.717, 1.165) is 0 Å². The molecular formula is C9H15N. The quantitative estimate of drug-likeness (QED) is 0.495. The van der Waals surface area contributed by atoms with Crippen molar-refractivity contribution in [2.75, 3.05) is 6.54 Å². The highest BCUT2D eigenvalue weighted by Gasteiger charge is 2.23. The summed E-state index contributed by atoms with van der Waals surface area (Å²) in [4.78, 5) is 2.39. The standard InChI is InChI=1S/C9H15N/c1-4-9-6-5-7-10(9)8(2)3/h1,8-9H,5-7H2,2-3H3. The minimum atomic E-state index is 0.417. The minimum absolute atomic E-state index is 0.417. The zero-order valence-corrected chi connectivity index (χ0v) is 6.80. The first kappa shape index (κ1) is 7.63. The molecule has 1 fully saturated rings. The zero-order chi connectivity index (χ0) is 7.56. The molecule has 1 rings (SSSR count). The van der Waals surface area contributed by atoms with Crippen molar-refractivity contribution >= 4 is 0 Å². The summed E-state index contributed by atoms with van der Waals surface area (Å²) >= 11 is 0. The van der Waals surface area contributed by atoms with E-state index in [4.69, 9.17) is 6.42 Å². The summed E-state index contributed by atoms with van der Waals surface area (Å²) < 4.78 is 0. The van der Waals surface area contributed by atoms with Crippen molar-refractivity contribution in [2.45, 2.75) is 38.8 Å². The molecule has 0 aliphatic carbocycles. The summed E-state index contributed by atoms with van der Waals surface area (Å²) in [5.74, 6) is 2.82. The van der Waals surface area contributed by atoms with E-state index in [-0.39, 0.29) is 0 Å². The van der Waals surface area contributed by atoms with Crippen LogP contribution >= 0.6 is 0 Å². The molecule has 1 heteroatoms. The third kappa shape index (κ3) is 1.33. The second kappa shape index (κ2) is 3.07. The maximum atomic E-state index is 5.37. The van der Waals surface area contributed by atoms with Gasteiger partial charge >= 0.3 is 0 Å². The predicted octanol–water partition coefficient (Wildman–Crippen LogP) is 1.49. The monoisotopic (exact) mass is 137 g/mol. The molecule has 0 N–H and O–H groups in total. The van der Waals surface area contributed by atoms with E-state index in [0.29, 0.717) is 12.1 Å². The van der Waals surface area contributed by atoms with Crippen molar-refractivity contribution in [1.29, 1.82) is 0 Å². The number of likely N-dealkylation sites (tertiary alicyclic amines) is 1. The minimum Gasteiger partial charge on any atom is -0.287 e. The first-order valence-corrected chi connectivity index (χ1v) is 3.97. The second-order valence-electron chi connectivity index (χ2n) is 3.16. The van der Waals surface area contributed by atoms with Gasteiger partial charge in [-0.05, 0) is 33.2 Å². The van der Waals surface area contributed by atoms with Crippen LogP contribution < -0.4 is 0 Å². The first-order chi connectivity index (χ1) is 4.75. The molecule has 0 aromatic carbocycles. The smallest absolute Gasteiger partial charge is 0.0714 e. The fraction of sp³-hybridized carbons (Fsp3) is 0.778. The predicted molar refractivity (Wildman–Crippen MR) is 43.7 cm³/mol. The molecule has 1 aliphatic rings. The largest absolute Gasteiger partial charge is 0.287 e. The van der Waals surface area contributed by atoms with Crippen LogP contribution in [0, 0.1) is 12.3 Å². The Morgan fingerprint density at radius 2 is 2.30 bits per heavy atom. The maximum Gasteiger partial charge on any atom is 0.0714 e. The van der Waals surface area contributed by atoms with Crippen LogP contribution in [0.2, 0.25) is 0 Å². The Balaban J connectivity index is 2.52. The topological polar surface area (TPSA) is 3.24 Å². The van der Waals surface area contributed by atoms with E-state index in [2.05, 4.69) is 24.7 Å². The van der Waals surface area contributed by atoms with Gasteiger partial charge in [-0.25, -0.2) is 0 Å². The third-order valence-electron chi connectivity index (χ3n) is 2.15. The van der Waals surface area contributed by atoms with Crippen LogP contribution in [0.25, 0.3) is 0 Å². The molecule has 1 heterocycles. The summed E-state index contributed by atoms with van der Waals surface area (Å²) in [5.41, 5.74) is 0. The Hall–Kier alpha value is -0.480. The van der Waals surface area contributed by atoms with Gasteiger partial charge in [-0.3, -0.25) is 4.90 Å². The Labute approximate surface area is 63.4 Å². The second-order valence-corrected chi connectivity index (χ2v) is 3.16. The summed E-state index contributed by atoms with van der Waals surface area (Å²) in [5, 5.41) is 0. The third-order valence-corrected chi connectivity index (χ3v) is 2.15. The van der Waals surface area contributed by atoms with Gasteiger partial charge in [-0.2, -0.15) is 0 Å². The zero-order valence-electron chi connectivity index (χ0n) is 6.80. The average Bonchev–Trinajstić information content (AvgIpc) is 2.33. The van der Waals surface area contributed by atoms with Gasteiger partial charge in [0.25, 0.3) is 0 Å². The fourth-order valence-corrected chi connectivity index (χ4v) is 1.59. The van der Waals surface area contributed by atoms with Gasteiger partial charge in [0.2, 0.25) is 0 Å². The lowest BCUT2D eigenvalue weighted by Crippen LogP contribution is -2.34. The molecule has 10 heavy (non-hydrogen) atoms. The van der Waals surface area contributed by atoms with E-state index in [1.807, 2.05) is 0 Å². The van der Waals surface area contributed by atoms with Crippen LogP contribution in [0.15, 0.2) is 0 Å². The van der Waals surface area contributed by atoms with Crippen LogP contribution in [0.3, 0.4) is 0 Å². The first-order valence-electron chi connectivity index (χ1n) is 3.97. The summed E-state index contributed by atoms with van der Waals surface area (Å²) in [7, 11) is 0. The molecule has 1 unspecified atom stereocenters. The molecule has 1 nitrogen and oxygen atoms in total. The van der Waals surface area contributed by atoms with Gasteiger partial charge < -0.3 is 0 Å². The Morgan fingerprint density at radius 3 is 2.70 bits per heavy atom. The Kier molecular flexibility index (Phi) is 2.34. The molecule has 56 valence electrons. The fourth-order valence-electron chi connectivity index (χ4n) is 1.59. The number of hydrogen-bond acceptors (Lipinski definition) is 1. The molecular weight excluding hydrogens is 122 g/mol. The number of hydrogen-bond donors (Lipinski definition) is 0. The van der Waals surface area contributed by atoms with Crippen molar-refractivity contribution in [3.05, 3.63) is 0 Å². The molecule has 0 amide bonds. The van der Waals surface area contributed by atoms with Gasteiger partial charge in [0.15, 0.2) is 0 Å². The number of nitrogens with zero attached hydrogens (tertiary/aromatic N) is 1. The normalized spacial score (nSPS) is 27.2. The lowest BCUT2D eigenvalue weighted by atomic mass is 10.2. The number of rotatable bonds is 1. The van der Waals surface area contributed by atoms with E-state index in [1.54, 1.807) is 0 Å². The highest BCUT2D eigenvalue weighted by Crippen LogP contribution is 2.18. The van der Waals surface area contributed by atoms with Gasteiger partial charge in [0.1, 0.15) is 0 Å². The van der Waals surface area contributed by atoms with Crippen LogP contribution in [0.5, 0.6) is 0 Å². The molecule has 0 aromatic rings. The molecule has 0 aromatic heterocycles. The van der Waals surface area contributed by atoms with Crippen LogP contribution in [-0.2, 0) is 0 Å². The van der Waals surface area contributed by atoms with Crippen LogP contribution in [0.4, 0.5) is 0 Å². The highest BCUT2D eigenvalue weighted by molar-refractivity contribution is 5.03. The summed E-state index contributed by atoms with van der Waals surface area (Å²) in [6, 6.07) is 1.03. The molecule has 1 atom stereocenters. The summed E-state index contributed by atoms with van der Waals surface area (Å²) in [6.07, 6.45) is 7.83. The van der Waals surface area contributed by atoms with E-state index >= 15 is 0 Å². The molecule has 0 saturated carbocycles. The van der Waals surface area contributed by atoms with Crippen LogP contribution in [0.1, 0.15) is 26.7 Å². The molecule has 0 radical (unpaired) electrons. The maximum absolute atomic E-state index is 5.37. The molecule has 0 bridgehead atoms. The van der Waals surface area contributed by atoms with Crippen LogP contribution in [-0.4, -0.2) is 23.5 Å². The SMILES string of the molecule is C#CC1CCCN1C(C)C. The molecule has 1 aliphatic heterocycles. The lowest BCUT2D eigenvalue weighted by Gasteiger charge is -2.24. The van der Waals surface area contributed by atoms with E-state index in [9.17, 15) is 0 Å². The van der Waals surface area contributed by atoms with Gasteiger partial charge in [0.05, 0.1) is 6.04 Å². The van der Waals surface area contributed by atoms with Gasteiger partial charge in [-0.15, -0.1) is 6.42 Å². The van der Waals surface area contributed by atoms with Gasteiger partial charge in [0, 0.05) is 6.04 Å². The lowest BCUT2D eigenvalue weighted by molar-refractivity contribution is 0.239. The average molecular weight is 137 g/mol. The van der Waals surface area contributed by atoms with Crippen molar-refractivity contribution in [1.82, 2.24) is 4.90 Å². The molecule has 1 saturated heterocycles. The molecule has 0 spiro atoms.